The Hall–Kier alpha value is -4.23. The fraction of sp³-hybridized carbons (Fsp3) is 0.364. The summed E-state index contributed by atoms with van der Waals surface area (Å²) in [6, 6.07) is 0.449. The molecule has 1 saturated heterocycles. The zero-order valence-corrected chi connectivity index (χ0v) is 19.2. The maximum atomic E-state index is 13.4. The van der Waals surface area contributed by atoms with Crippen LogP contribution in [0.3, 0.4) is 0 Å². The van der Waals surface area contributed by atoms with Gasteiger partial charge in [0, 0.05) is 31.8 Å². The first-order valence-corrected chi connectivity index (χ1v) is 11.1. The van der Waals surface area contributed by atoms with E-state index >= 15 is 0 Å². The first-order valence-electron chi connectivity index (χ1n) is 11.1. The number of carbonyl (C=O) groups is 2. The van der Waals surface area contributed by atoms with Crippen LogP contribution in [0.4, 0.5) is 35.3 Å². The monoisotopic (exact) mass is 502 g/mol. The second-order valence-electron chi connectivity index (χ2n) is 8.50. The third-order valence-electron chi connectivity index (χ3n) is 6.01. The fourth-order valence-electron chi connectivity index (χ4n) is 4.14. The molecule has 3 aromatic rings. The summed E-state index contributed by atoms with van der Waals surface area (Å²) in [5.74, 6) is -0.162. The second kappa shape index (κ2) is 8.77. The molecule has 0 radical (unpaired) electrons. The summed E-state index contributed by atoms with van der Waals surface area (Å²) in [4.78, 5) is 45.5. The molecule has 2 atom stereocenters. The van der Waals surface area contributed by atoms with Gasteiger partial charge in [0.1, 0.15) is 11.9 Å². The van der Waals surface area contributed by atoms with Crippen LogP contribution >= 0.6 is 0 Å². The Morgan fingerprint density at radius 3 is 2.75 bits per heavy atom. The molecular weight excluding hydrogens is 481 g/mol. The van der Waals surface area contributed by atoms with Crippen LogP contribution in [-0.2, 0) is 0 Å². The molecule has 0 saturated carbocycles. The van der Waals surface area contributed by atoms with E-state index in [0.29, 0.717) is 42.4 Å². The van der Waals surface area contributed by atoms with E-state index in [0.717, 1.165) is 6.92 Å². The molecule has 0 spiro atoms. The molecule has 14 heteroatoms. The summed E-state index contributed by atoms with van der Waals surface area (Å²) in [5, 5.41) is 4.58. The Kier molecular flexibility index (Phi) is 5.73. The van der Waals surface area contributed by atoms with Crippen LogP contribution in [0.25, 0.3) is 11.3 Å². The maximum absolute atomic E-state index is 13.4. The lowest BCUT2D eigenvalue weighted by Crippen LogP contribution is -2.49. The van der Waals surface area contributed by atoms with Crippen molar-refractivity contribution in [2.75, 3.05) is 28.2 Å². The zero-order valence-electron chi connectivity index (χ0n) is 19.2. The van der Waals surface area contributed by atoms with Crippen molar-refractivity contribution in [2.45, 2.75) is 38.5 Å². The number of alkyl halides is 3. The normalized spacial score (nSPS) is 17.5. The molecule has 1 unspecified atom stereocenters. The van der Waals surface area contributed by atoms with Gasteiger partial charge in [-0.25, -0.2) is 24.7 Å². The SMILES string of the molecule is Cc1ncc(-c2ccnc(NC(=O)N3c4nc(C(=O)N[C@H](C)C(F)(F)F)ncc4N4CCC3C4)c2)o1. The van der Waals surface area contributed by atoms with Crippen molar-refractivity contribution in [1.82, 2.24) is 25.3 Å². The molecule has 1 fully saturated rings. The van der Waals surface area contributed by atoms with E-state index in [9.17, 15) is 22.8 Å². The van der Waals surface area contributed by atoms with Crippen LogP contribution in [-0.4, -0.2) is 63.2 Å². The minimum absolute atomic E-state index is 0.142. The summed E-state index contributed by atoms with van der Waals surface area (Å²) in [6.45, 7) is 3.71. The molecule has 2 aliphatic heterocycles. The van der Waals surface area contributed by atoms with Gasteiger partial charge in [0.2, 0.25) is 5.82 Å². The number of hydrogen-bond acceptors (Lipinski definition) is 8. The Morgan fingerprint density at radius 2 is 2.03 bits per heavy atom. The third-order valence-corrected chi connectivity index (χ3v) is 6.01. The molecule has 3 amide bonds. The molecule has 36 heavy (non-hydrogen) atoms. The predicted octanol–water partition coefficient (Wildman–Crippen LogP) is 3.15. The molecule has 0 aromatic carbocycles. The van der Waals surface area contributed by atoms with E-state index in [1.807, 2.05) is 10.2 Å². The standard InChI is InChI=1S/C22H21F3N8O3/c1-11(22(23,24)25)29-20(34)18-28-8-15-19(31-18)33(14-4-6-32(15)10-14)21(35)30-17-7-13(3-5-26-17)16-9-27-12(2)36-16/h3,5,7-9,11,14H,4,6,10H2,1-2H3,(H,29,34)(H,26,30,35)/t11-,14?/m1/s1. The highest BCUT2D eigenvalue weighted by Gasteiger charge is 2.42. The number of pyridine rings is 1. The van der Waals surface area contributed by atoms with Crippen LogP contribution in [0.5, 0.6) is 0 Å². The highest BCUT2D eigenvalue weighted by Crippen LogP contribution is 2.38. The Bertz CT molecular complexity index is 1330. The van der Waals surface area contributed by atoms with Crippen molar-refractivity contribution in [3.8, 4) is 11.3 Å². The number of fused-ring (bicyclic) bond motifs is 4. The molecule has 11 nitrogen and oxygen atoms in total. The maximum Gasteiger partial charge on any atom is 0.408 e. The van der Waals surface area contributed by atoms with E-state index in [2.05, 4.69) is 25.3 Å². The number of aryl methyl sites for hydroxylation is 1. The Balaban J connectivity index is 1.41. The summed E-state index contributed by atoms with van der Waals surface area (Å²) < 4.78 is 44.2. The van der Waals surface area contributed by atoms with E-state index in [-0.39, 0.29) is 17.7 Å². The summed E-state index contributed by atoms with van der Waals surface area (Å²) in [6.07, 6.45) is 0.445. The number of nitrogens with zero attached hydrogens (tertiary/aromatic N) is 6. The first kappa shape index (κ1) is 23.5. The molecule has 188 valence electrons. The van der Waals surface area contributed by atoms with Crippen LogP contribution in [0.15, 0.2) is 35.1 Å². The number of carbonyl (C=O) groups excluding carboxylic acids is 2. The van der Waals surface area contributed by atoms with Crippen LogP contribution in [0.1, 0.15) is 29.9 Å². The van der Waals surface area contributed by atoms with Crippen molar-refractivity contribution < 1.29 is 27.2 Å². The average Bonchev–Trinajstić information content (AvgIpc) is 3.45. The van der Waals surface area contributed by atoms with Crippen LogP contribution in [0, 0.1) is 6.92 Å². The Labute approximate surface area is 202 Å². The number of oxazole rings is 1. The van der Waals surface area contributed by atoms with E-state index in [1.165, 1.54) is 17.3 Å². The number of amides is 3. The topological polar surface area (TPSA) is 129 Å². The van der Waals surface area contributed by atoms with Gasteiger partial charge in [0.25, 0.3) is 5.91 Å². The predicted molar refractivity (Wildman–Crippen MR) is 122 cm³/mol. The van der Waals surface area contributed by atoms with Gasteiger partial charge in [-0.05, 0) is 25.5 Å². The van der Waals surface area contributed by atoms with Gasteiger partial charge in [0.15, 0.2) is 17.5 Å². The van der Waals surface area contributed by atoms with Gasteiger partial charge >= 0.3 is 12.2 Å². The molecule has 2 bridgehead atoms. The number of hydrogen-bond donors (Lipinski definition) is 2. The quantitative estimate of drug-likeness (QED) is 0.557. The van der Waals surface area contributed by atoms with Gasteiger partial charge in [-0.1, -0.05) is 0 Å². The smallest absolute Gasteiger partial charge is 0.408 e. The van der Waals surface area contributed by atoms with Gasteiger partial charge in [0.05, 0.1) is 24.1 Å². The lowest BCUT2D eigenvalue weighted by Gasteiger charge is -2.35. The minimum atomic E-state index is -4.62. The van der Waals surface area contributed by atoms with Gasteiger partial charge in [-0.3, -0.25) is 15.0 Å². The number of anilines is 3. The largest absolute Gasteiger partial charge is 0.441 e. The average molecular weight is 502 g/mol. The number of nitrogens with one attached hydrogen (secondary N) is 2. The number of rotatable bonds is 4. The van der Waals surface area contributed by atoms with Crippen molar-refractivity contribution in [1.29, 1.82) is 0 Å². The summed E-state index contributed by atoms with van der Waals surface area (Å²) in [7, 11) is 0. The molecule has 3 aromatic heterocycles. The lowest BCUT2D eigenvalue weighted by atomic mass is 10.2. The van der Waals surface area contributed by atoms with Gasteiger partial charge < -0.3 is 14.6 Å². The third kappa shape index (κ3) is 4.41. The highest BCUT2D eigenvalue weighted by atomic mass is 19.4. The minimum Gasteiger partial charge on any atom is -0.441 e. The van der Waals surface area contributed by atoms with Gasteiger partial charge in [-0.2, -0.15) is 13.2 Å². The van der Waals surface area contributed by atoms with Crippen molar-refractivity contribution in [3.05, 3.63) is 42.4 Å². The van der Waals surface area contributed by atoms with Crippen molar-refractivity contribution >= 4 is 29.3 Å². The highest BCUT2D eigenvalue weighted by molar-refractivity contribution is 6.04. The molecule has 2 N–H and O–H groups in total. The van der Waals surface area contributed by atoms with Gasteiger partial charge in [-0.15, -0.1) is 0 Å². The first-order chi connectivity index (χ1) is 17.1. The van der Waals surface area contributed by atoms with E-state index < -0.39 is 30.0 Å². The lowest BCUT2D eigenvalue weighted by molar-refractivity contribution is -0.149. The van der Waals surface area contributed by atoms with Crippen molar-refractivity contribution in [3.63, 3.8) is 0 Å². The van der Waals surface area contributed by atoms with Crippen LogP contribution < -0.4 is 20.4 Å². The number of aromatic nitrogens is 4. The Morgan fingerprint density at radius 1 is 1.22 bits per heavy atom. The second-order valence-corrected chi connectivity index (χ2v) is 8.50. The van der Waals surface area contributed by atoms with E-state index in [1.54, 1.807) is 25.3 Å². The molecule has 2 aliphatic rings. The summed E-state index contributed by atoms with van der Waals surface area (Å²) in [5.41, 5.74) is 1.17. The molecule has 5 rings (SSSR count). The van der Waals surface area contributed by atoms with Crippen molar-refractivity contribution in [2.24, 2.45) is 0 Å². The zero-order chi connectivity index (χ0) is 25.6. The number of halogens is 3. The molecule has 0 aliphatic carbocycles. The molecule has 5 heterocycles. The van der Waals surface area contributed by atoms with E-state index in [4.69, 9.17) is 4.42 Å². The fourth-order valence-corrected chi connectivity index (χ4v) is 4.14. The molecular formula is C22H21F3N8O3. The summed E-state index contributed by atoms with van der Waals surface area (Å²) >= 11 is 0. The number of urea groups is 1. The van der Waals surface area contributed by atoms with Crippen LogP contribution in [0.2, 0.25) is 0 Å².